The Morgan fingerprint density at radius 1 is 1.14 bits per heavy atom. The third-order valence-electron chi connectivity index (χ3n) is 4.05. The number of benzene rings is 2. The van der Waals surface area contributed by atoms with Gasteiger partial charge in [-0.3, -0.25) is 0 Å². The van der Waals surface area contributed by atoms with Crippen LogP contribution >= 0.6 is 0 Å². The number of hydrogen-bond acceptors (Lipinski definition) is 1. The van der Waals surface area contributed by atoms with Crippen molar-refractivity contribution < 1.29 is 0 Å². The average molecular weight is 281 g/mol. The second-order valence-electron chi connectivity index (χ2n) is 6.70. The lowest BCUT2D eigenvalue weighted by molar-refractivity contribution is 0.379. The third kappa shape index (κ3) is 4.18. The van der Waals surface area contributed by atoms with Gasteiger partial charge in [0.05, 0.1) is 0 Å². The van der Waals surface area contributed by atoms with Gasteiger partial charge in [0.25, 0.3) is 0 Å². The Labute approximate surface area is 129 Å². The predicted molar refractivity (Wildman–Crippen MR) is 93.7 cm³/mol. The van der Waals surface area contributed by atoms with Crippen LogP contribution in [0.4, 0.5) is 0 Å². The molecule has 0 heterocycles. The molecule has 0 radical (unpaired) electrons. The van der Waals surface area contributed by atoms with Gasteiger partial charge in [-0.05, 0) is 35.2 Å². The van der Waals surface area contributed by atoms with E-state index in [1.54, 1.807) is 0 Å². The summed E-state index contributed by atoms with van der Waals surface area (Å²) in [6.45, 7) is 12.9. The van der Waals surface area contributed by atoms with Gasteiger partial charge in [-0.15, -0.1) is 6.58 Å². The van der Waals surface area contributed by atoms with E-state index in [0.717, 1.165) is 19.5 Å². The van der Waals surface area contributed by atoms with Gasteiger partial charge < -0.3 is 5.32 Å². The summed E-state index contributed by atoms with van der Waals surface area (Å²) in [5.74, 6) is 0.677. The van der Waals surface area contributed by atoms with Crippen molar-refractivity contribution in [3.8, 4) is 0 Å². The zero-order valence-electron chi connectivity index (χ0n) is 13.5. The summed E-state index contributed by atoms with van der Waals surface area (Å²) in [6.07, 6.45) is 3.12. The fraction of sp³-hybridized carbons (Fsp3) is 0.400. The Hall–Kier alpha value is -1.60. The smallest absolute Gasteiger partial charge is 0.00431 e. The maximum absolute atomic E-state index is 4.07. The highest BCUT2D eigenvalue weighted by atomic mass is 14.9. The molecule has 1 nitrogen and oxygen atoms in total. The van der Waals surface area contributed by atoms with Gasteiger partial charge in [0.1, 0.15) is 0 Å². The topological polar surface area (TPSA) is 12.0 Å². The fourth-order valence-corrected chi connectivity index (χ4v) is 2.73. The fourth-order valence-electron chi connectivity index (χ4n) is 2.73. The molecule has 1 heteroatoms. The first-order valence-electron chi connectivity index (χ1n) is 7.85. The van der Waals surface area contributed by atoms with Crippen LogP contribution in [0.25, 0.3) is 10.8 Å². The van der Waals surface area contributed by atoms with Crippen LogP contribution in [0, 0.1) is 11.3 Å². The number of fused-ring (bicyclic) bond motifs is 1. The lowest BCUT2D eigenvalue weighted by Gasteiger charge is -2.27. The second-order valence-corrected chi connectivity index (χ2v) is 6.70. The summed E-state index contributed by atoms with van der Waals surface area (Å²) in [7, 11) is 0. The van der Waals surface area contributed by atoms with Gasteiger partial charge in [0.15, 0.2) is 0 Å². The molecule has 1 atom stereocenters. The van der Waals surface area contributed by atoms with E-state index in [2.05, 4.69) is 81.2 Å². The van der Waals surface area contributed by atoms with Gasteiger partial charge in [-0.1, -0.05) is 69.3 Å². The lowest BCUT2D eigenvalue weighted by atomic mass is 9.82. The number of nitrogens with one attached hydrogen (secondary N) is 1. The summed E-state index contributed by atoms with van der Waals surface area (Å²) in [5.41, 5.74) is 1.49. The van der Waals surface area contributed by atoms with Crippen molar-refractivity contribution in [3.63, 3.8) is 0 Å². The molecule has 0 saturated carbocycles. The third-order valence-corrected chi connectivity index (χ3v) is 4.05. The first-order chi connectivity index (χ1) is 10.0. The molecule has 0 aliphatic carbocycles. The summed E-state index contributed by atoms with van der Waals surface area (Å²) < 4.78 is 0. The first-order valence-corrected chi connectivity index (χ1v) is 7.85. The molecule has 1 unspecified atom stereocenters. The van der Waals surface area contributed by atoms with Crippen LogP contribution in [0.5, 0.6) is 0 Å². The highest BCUT2D eigenvalue weighted by Gasteiger charge is 2.21. The minimum absolute atomic E-state index is 0.0824. The van der Waals surface area contributed by atoms with E-state index in [1.165, 1.54) is 16.3 Å². The summed E-state index contributed by atoms with van der Waals surface area (Å²) >= 11 is 0. The van der Waals surface area contributed by atoms with Crippen LogP contribution in [0.15, 0.2) is 55.1 Å². The quantitative estimate of drug-likeness (QED) is 0.717. The Bertz CT molecular complexity index is 594. The summed E-state index contributed by atoms with van der Waals surface area (Å²) in [5, 5.41) is 6.25. The van der Waals surface area contributed by atoms with Crippen molar-refractivity contribution in [1.82, 2.24) is 5.32 Å². The van der Waals surface area contributed by atoms with Crippen molar-refractivity contribution in [2.75, 3.05) is 13.1 Å². The summed E-state index contributed by atoms with van der Waals surface area (Å²) in [6, 6.07) is 15.2. The molecule has 21 heavy (non-hydrogen) atoms. The van der Waals surface area contributed by atoms with Gasteiger partial charge in [0, 0.05) is 12.0 Å². The molecular weight excluding hydrogens is 254 g/mol. The van der Waals surface area contributed by atoms with Crippen molar-refractivity contribution in [3.05, 3.63) is 60.7 Å². The van der Waals surface area contributed by atoms with E-state index in [9.17, 15) is 0 Å². The Kier molecular flexibility index (Phi) is 5.19. The van der Waals surface area contributed by atoms with Crippen molar-refractivity contribution in [2.24, 2.45) is 11.3 Å². The molecule has 0 aliphatic rings. The van der Waals surface area contributed by atoms with E-state index in [0.29, 0.717) is 5.92 Å². The number of rotatable bonds is 7. The molecular formula is C20H27N. The first kappa shape index (κ1) is 15.8. The van der Waals surface area contributed by atoms with Crippen LogP contribution in [-0.2, 0) is 6.42 Å². The molecule has 2 aromatic rings. The SMILES string of the molecule is C=CC(C)(CNCC(C)C)Cc1cccc2ccccc12. The Balaban J connectivity index is 2.18. The van der Waals surface area contributed by atoms with Crippen molar-refractivity contribution in [1.29, 1.82) is 0 Å². The van der Waals surface area contributed by atoms with Crippen LogP contribution in [0.3, 0.4) is 0 Å². The second kappa shape index (κ2) is 6.91. The van der Waals surface area contributed by atoms with Gasteiger partial charge in [-0.2, -0.15) is 0 Å². The maximum atomic E-state index is 4.07. The van der Waals surface area contributed by atoms with Crippen LogP contribution in [0.1, 0.15) is 26.3 Å². The molecule has 0 bridgehead atoms. The summed E-state index contributed by atoms with van der Waals surface area (Å²) in [4.78, 5) is 0. The monoisotopic (exact) mass is 281 g/mol. The van der Waals surface area contributed by atoms with Crippen molar-refractivity contribution >= 4 is 10.8 Å². The highest BCUT2D eigenvalue weighted by Crippen LogP contribution is 2.28. The molecule has 0 fully saturated rings. The van der Waals surface area contributed by atoms with E-state index in [-0.39, 0.29) is 5.41 Å². The van der Waals surface area contributed by atoms with E-state index in [1.807, 2.05) is 0 Å². The number of hydrogen-bond donors (Lipinski definition) is 1. The molecule has 0 saturated heterocycles. The Morgan fingerprint density at radius 2 is 1.86 bits per heavy atom. The van der Waals surface area contributed by atoms with Gasteiger partial charge in [0.2, 0.25) is 0 Å². The average Bonchev–Trinajstić information content (AvgIpc) is 2.47. The predicted octanol–water partition coefficient (Wildman–Crippen LogP) is 4.82. The Morgan fingerprint density at radius 3 is 2.57 bits per heavy atom. The van der Waals surface area contributed by atoms with Crippen LogP contribution in [-0.4, -0.2) is 13.1 Å². The highest BCUT2D eigenvalue weighted by molar-refractivity contribution is 5.85. The van der Waals surface area contributed by atoms with E-state index < -0.39 is 0 Å². The molecule has 0 aliphatic heterocycles. The molecule has 2 rings (SSSR count). The van der Waals surface area contributed by atoms with E-state index in [4.69, 9.17) is 0 Å². The molecule has 1 N–H and O–H groups in total. The largest absolute Gasteiger partial charge is 0.316 e. The minimum Gasteiger partial charge on any atom is -0.316 e. The maximum Gasteiger partial charge on any atom is 0.00431 e. The molecule has 2 aromatic carbocycles. The molecule has 0 aromatic heterocycles. The van der Waals surface area contributed by atoms with Gasteiger partial charge >= 0.3 is 0 Å². The zero-order chi connectivity index (χ0) is 15.3. The van der Waals surface area contributed by atoms with Gasteiger partial charge in [-0.25, -0.2) is 0 Å². The molecule has 0 spiro atoms. The minimum atomic E-state index is 0.0824. The normalized spacial score (nSPS) is 14.3. The van der Waals surface area contributed by atoms with E-state index >= 15 is 0 Å². The van der Waals surface area contributed by atoms with Crippen molar-refractivity contribution in [2.45, 2.75) is 27.2 Å². The molecule has 112 valence electrons. The lowest BCUT2D eigenvalue weighted by Crippen LogP contribution is -2.34. The molecule has 0 amide bonds. The van der Waals surface area contributed by atoms with Crippen LogP contribution in [0.2, 0.25) is 0 Å². The van der Waals surface area contributed by atoms with Crippen LogP contribution < -0.4 is 5.32 Å². The zero-order valence-corrected chi connectivity index (χ0v) is 13.5. The standard InChI is InChI=1S/C20H27N/c1-5-20(4,15-21-14-16(2)3)13-18-11-8-10-17-9-6-7-12-19(17)18/h5-12,16,21H,1,13-15H2,2-4H3.